The Morgan fingerprint density at radius 2 is 1.90 bits per heavy atom. The van der Waals surface area contributed by atoms with Crippen molar-refractivity contribution in [2.45, 2.75) is 18.9 Å². The second kappa shape index (κ2) is 7.94. The van der Waals surface area contributed by atoms with E-state index in [0.29, 0.717) is 48.5 Å². The van der Waals surface area contributed by atoms with E-state index in [4.69, 9.17) is 9.47 Å². The molecular weight excluding hydrogens is 384 g/mol. The molecule has 30 heavy (non-hydrogen) atoms. The molecule has 0 bridgehead atoms. The van der Waals surface area contributed by atoms with Crippen LogP contribution in [0, 0.1) is 0 Å². The molecule has 2 aliphatic rings. The van der Waals surface area contributed by atoms with Crippen LogP contribution >= 0.6 is 0 Å². The SMILES string of the molecule is O=C(c1ccc2c(c1)OCCO2)N1CCC[C@@H]1c1cncc(Nc2cnccn2)n1. The average molecular weight is 404 g/mol. The van der Waals surface area contributed by atoms with Gasteiger partial charge in [0.05, 0.1) is 30.3 Å². The van der Waals surface area contributed by atoms with Gasteiger partial charge in [0, 0.05) is 24.5 Å². The van der Waals surface area contributed by atoms with Crippen molar-refractivity contribution < 1.29 is 14.3 Å². The van der Waals surface area contributed by atoms with Crippen LogP contribution in [0.1, 0.15) is 34.9 Å². The fourth-order valence-corrected chi connectivity index (χ4v) is 3.76. The molecule has 9 nitrogen and oxygen atoms in total. The lowest BCUT2D eigenvalue weighted by Gasteiger charge is -2.25. The molecule has 1 saturated heterocycles. The molecule has 1 N–H and O–H groups in total. The Balaban J connectivity index is 1.37. The maximum Gasteiger partial charge on any atom is 0.254 e. The Morgan fingerprint density at radius 1 is 1.03 bits per heavy atom. The van der Waals surface area contributed by atoms with Crippen LogP contribution < -0.4 is 14.8 Å². The first-order valence-electron chi connectivity index (χ1n) is 9.83. The molecule has 9 heteroatoms. The maximum atomic E-state index is 13.2. The van der Waals surface area contributed by atoms with Crippen LogP contribution in [-0.2, 0) is 0 Å². The third-order valence-electron chi connectivity index (χ3n) is 5.12. The van der Waals surface area contributed by atoms with Crippen LogP contribution in [0.2, 0.25) is 0 Å². The summed E-state index contributed by atoms with van der Waals surface area (Å²) < 4.78 is 11.2. The van der Waals surface area contributed by atoms with Gasteiger partial charge in [-0.15, -0.1) is 0 Å². The first kappa shape index (κ1) is 18.3. The standard InChI is InChI=1S/C21H20N6O3/c28-21(14-3-4-17-18(10-14)30-9-8-29-17)27-7-1-2-16(27)15-11-23-13-20(25-15)26-19-12-22-5-6-24-19/h3-6,10-13,16H,1-2,7-9H2,(H,24,25,26)/t16-/m1/s1. The van der Waals surface area contributed by atoms with Gasteiger partial charge in [-0.25, -0.2) is 9.97 Å². The lowest BCUT2D eigenvalue weighted by Crippen LogP contribution is -2.31. The smallest absolute Gasteiger partial charge is 0.254 e. The lowest BCUT2D eigenvalue weighted by molar-refractivity contribution is 0.0731. The number of rotatable bonds is 4. The molecule has 0 saturated carbocycles. The average Bonchev–Trinajstić information content (AvgIpc) is 3.29. The molecule has 0 radical (unpaired) electrons. The number of hydrogen-bond acceptors (Lipinski definition) is 8. The summed E-state index contributed by atoms with van der Waals surface area (Å²) in [6.07, 6.45) is 9.89. The van der Waals surface area contributed by atoms with Crippen molar-refractivity contribution in [1.82, 2.24) is 24.8 Å². The molecule has 4 heterocycles. The molecule has 0 spiro atoms. The second-order valence-electron chi connectivity index (χ2n) is 7.06. The van der Waals surface area contributed by atoms with Gasteiger partial charge in [-0.2, -0.15) is 0 Å². The summed E-state index contributed by atoms with van der Waals surface area (Å²) >= 11 is 0. The molecule has 1 fully saturated rings. The highest BCUT2D eigenvalue weighted by molar-refractivity contribution is 5.95. The van der Waals surface area contributed by atoms with Gasteiger partial charge in [0.2, 0.25) is 0 Å². The van der Waals surface area contributed by atoms with Gasteiger partial charge in [-0.3, -0.25) is 14.8 Å². The van der Waals surface area contributed by atoms with Gasteiger partial charge >= 0.3 is 0 Å². The third-order valence-corrected chi connectivity index (χ3v) is 5.12. The zero-order chi connectivity index (χ0) is 20.3. The van der Waals surface area contributed by atoms with Crippen molar-refractivity contribution in [3.05, 3.63) is 60.4 Å². The molecule has 152 valence electrons. The number of likely N-dealkylation sites (tertiary alicyclic amines) is 1. The first-order valence-corrected chi connectivity index (χ1v) is 9.83. The summed E-state index contributed by atoms with van der Waals surface area (Å²) in [5.74, 6) is 2.37. The number of carbonyl (C=O) groups is 1. The number of carbonyl (C=O) groups excluding carboxylic acids is 1. The number of anilines is 2. The molecule has 1 aromatic carbocycles. The Labute approximate surface area is 173 Å². The summed E-state index contributed by atoms with van der Waals surface area (Å²) in [4.78, 5) is 32.3. The molecule has 0 aliphatic carbocycles. The quantitative estimate of drug-likeness (QED) is 0.708. The molecule has 0 unspecified atom stereocenters. The van der Waals surface area contributed by atoms with Gasteiger partial charge in [-0.05, 0) is 31.0 Å². The third kappa shape index (κ3) is 3.61. The van der Waals surface area contributed by atoms with E-state index in [1.807, 2.05) is 4.90 Å². The monoisotopic (exact) mass is 404 g/mol. The number of aromatic nitrogens is 4. The number of ether oxygens (including phenoxy) is 2. The van der Waals surface area contributed by atoms with Crippen LogP contribution in [0.3, 0.4) is 0 Å². The molecule has 5 rings (SSSR count). The molecule has 3 aromatic rings. The minimum absolute atomic E-state index is 0.0523. The number of benzene rings is 1. The van der Waals surface area contributed by atoms with Crippen molar-refractivity contribution in [1.29, 1.82) is 0 Å². The molecular formula is C21H20N6O3. The highest BCUT2D eigenvalue weighted by Gasteiger charge is 2.32. The van der Waals surface area contributed by atoms with Gasteiger partial charge in [0.25, 0.3) is 5.91 Å². The predicted octanol–water partition coefficient (Wildman–Crippen LogP) is 2.76. The van der Waals surface area contributed by atoms with Gasteiger partial charge in [-0.1, -0.05) is 0 Å². The van der Waals surface area contributed by atoms with Crippen LogP contribution in [0.4, 0.5) is 11.6 Å². The first-order chi connectivity index (χ1) is 14.8. The molecule has 1 amide bonds. The summed E-state index contributed by atoms with van der Waals surface area (Å²) in [5.41, 5.74) is 1.32. The Bertz CT molecular complexity index is 1060. The van der Waals surface area contributed by atoms with Crippen LogP contribution in [0.15, 0.2) is 49.2 Å². The Hall–Kier alpha value is -3.75. The summed E-state index contributed by atoms with van der Waals surface area (Å²) in [7, 11) is 0. The zero-order valence-corrected chi connectivity index (χ0v) is 16.2. The van der Waals surface area contributed by atoms with Gasteiger partial charge in [0.15, 0.2) is 11.5 Å². The summed E-state index contributed by atoms with van der Waals surface area (Å²) in [5, 5.41) is 3.10. The fourth-order valence-electron chi connectivity index (χ4n) is 3.76. The highest BCUT2D eigenvalue weighted by Crippen LogP contribution is 2.35. The molecule has 2 aromatic heterocycles. The highest BCUT2D eigenvalue weighted by atomic mass is 16.6. The largest absolute Gasteiger partial charge is 0.486 e. The van der Waals surface area contributed by atoms with Crippen LogP contribution in [0.25, 0.3) is 0 Å². The number of amides is 1. The van der Waals surface area contributed by atoms with E-state index in [0.717, 1.165) is 18.5 Å². The van der Waals surface area contributed by atoms with Crippen molar-refractivity contribution in [3.63, 3.8) is 0 Å². The van der Waals surface area contributed by atoms with E-state index in [-0.39, 0.29) is 11.9 Å². The number of nitrogens with zero attached hydrogens (tertiary/aromatic N) is 5. The van der Waals surface area contributed by atoms with E-state index >= 15 is 0 Å². The predicted molar refractivity (Wildman–Crippen MR) is 108 cm³/mol. The van der Waals surface area contributed by atoms with E-state index in [1.54, 1.807) is 49.2 Å². The van der Waals surface area contributed by atoms with E-state index in [1.165, 1.54) is 0 Å². The van der Waals surface area contributed by atoms with Crippen molar-refractivity contribution in [2.24, 2.45) is 0 Å². The Kier molecular flexibility index (Phi) is 4.84. The second-order valence-corrected chi connectivity index (χ2v) is 7.06. The number of hydrogen-bond donors (Lipinski definition) is 1. The Morgan fingerprint density at radius 3 is 2.77 bits per heavy atom. The van der Waals surface area contributed by atoms with E-state index in [9.17, 15) is 4.79 Å². The normalized spacial score (nSPS) is 17.6. The molecule has 1 atom stereocenters. The van der Waals surface area contributed by atoms with Gasteiger partial charge in [0.1, 0.15) is 24.8 Å². The number of nitrogens with one attached hydrogen (secondary N) is 1. The van der Waals surface area contributed by atoms with Crippen LogP contribution in [-0.4, -0.2) is 50.5 Å². The minimum Gasteiger partial charge on any atom is -0.486 e. The van der Waals surface area contributed by atoms with Crippen molar-refractivity contribution in [2.75, 3.05) is 25.1 Å². The summed E-state index contributed by atoms with van der Waals surface area (Å²) in [6, 6.07) is 5.19. The zero-order valence-electron chi connectivity index (χ0n) is 16.2. The van der Waals surface area contributed by atoms with E-state index < -0.39 is 0 Å². The lowest BCUT2D eigenvalue weighted by atomic mass is 10.1. The topological polar surface area (TPSA) is 102 Å². The number of fused-ring (bicyclic) bond motifs is 1. The maximum absolute atomic E-state index is 13.2. The van der Waals surface area contributed by atoms with Crippen molar-refractivity contribution in [3.8, 4) is 11.5 Å². The minimum atomic E-state index is -0.137. The van der Waals surface area contributed by atoms with Crippen LogP contribution in [0.5, 0.6) is 11.5 Å². The fraction of sp³-hybridized carbons (Fsp3) is 0.286. The van der Waals surface area contributed by atoms with Gasteiger partial charge < -0.3 is 19.7 Å². The molecule has 2 aliphatic heterocycles. The summed E-state index contributed by atoms with van der Waals surface area (Å²) in [6.45, 7) is 1.67. The van der Waals surface area contributed by atoms with Crippen molar-refractivity contribution >= 4 is 17.5 Å². The van der Waals surface area contributed by atoms with E-state index in [2.05, 4.69) is 25.3 Å².